The zero-order valence-electron chi connectivity index (χ0n) is 12.0. The summed E-state index contributed by atoms with van der Waals surface area (Å²) in [5, 5.41) is 8.81. The van der Waals surface area contributed by atoms with Crippen molar-refractivity contribution in [3.05, 3.63) is 35.4 Å². The summed E-state index contributed by atoms with van der Waals surface area (Å²) in [4.78, 5) is 0. The standard InChI is InChI=1S/C13H22N6/c1-9(2)19-6-5-11(17-19)7-13(16-14)12-8-15-18(4)10(12)3/h5-6,8-9,13,16H,7,14H2,1-4H3. The minimum Gasteiger partial charge on any atom is -0.273 e. The van der Waals surface area contributed by atoms with Gasteiger partial charge in [-0.1, -0.05) is 0 Å². The maximum absolute atomic E-state index is 5.68. The Hall–Kier alpha value is -1.66. The minimum atomic E-state index is 0.0317. The lowest BCUT2D eigenvalue weighted by molar-refractivity contribution is 0.505. The number of nitrogens with zero attached hydrogens (tertiary/aromatic N) is 4. The fourth-order valence-corrected chi connectivity index (χ4v) is 2.10. The van der Waals surface area contributed by atoms with E-state index in [9.17, 15) is 0 Å². The monoisotopic (exact) mass is 262 g/mol. The lowest BCUT2D eigenvalue weighted by Gasteiger charge is -2.14. The summed E-state index contributed by atoms with van der Waals surface area (Å²) in [5.74, 6) is 5.68. The molecule has 0 bridgehead atoms. The maximum Gasteiger partial charge on any atom is 0.0644 e. The summed E-state index contributed by atoms with van der Waals surface area (Å²) < 4.78 is 3.81. The van der Waals surface area contributed by atoms with Crippen LogP contribution in [0.4, 0.5) is 0 Å². The van der Waals surface area contributed by atoms with Crippen LogP contribution in [0.25, 0.3) is 0 Å². The van der Waals surface area contributed by atoms with Crippen molar-refractivity contribution in [3.63, 3.8) is 0 Å². The topological polar surface area (TPSA) is 73.7 Å². The lowest BCUT2D eigenvalue weighted by Crippen LogP contribution is -2.30. The molecule has 0 aliphatic heterocycles. The number of nitrogens with one attached hydrogen (secondary N) is 1. The van der Waals surface area contributed by atoms with Gasteiger partial charge in [-0.05, 0) is 26.8 Å². The Morgan fingerprint density at radius 2 is 2.16 bits per heavy atom. The zero-order valence-corrected chi connectivity index (χ0v) is 12.0. The molecule has 0 saturated heterocycles. The molecule has 6 nitrogen and oxygen atoms in total. The predicted molar refractivity (Wildman–Crippen MR) is 74.3 cm³/mol. The van der Waals surface area contributed by atoms with Gasteiger partial charge in [-0.15, -0.1) is 0 Å². The highest BCUT2D eigenvalue weighted by Gasteiger charge is 2.17. The molecule has 0 radical (unpaired) electrons. The van der Waals surface area contributed by atoms with Gasteiger partial charge in [0.15, 0.2) is 0 Å². The van der Waals surface area contributed by atoms with Crippen molar-refractivity contribution in [2.75, 3.05) is 0 Å². The fraction of sp³-hybridized carbons (Fsp3) is 0.538. The quantitative estimate of drug-likeness (QED) is 0.628. The molecule has 0 aliphatic carbocycles. The first-order valence-electron chi connectivity index (χ1n) is 6.51. The lowest BCUT2D eigenvalue weighted by atomic mass is 10.0. The molecule has 2 aromatic rings. The Morgan fingerprint density at radius 3 is 2.63 bits per heavy atom. The van der Waals surface area contributed by atoms with Gasteiger partial charge in [0.05, 0.1) is 17.9 Å². The molecule has 19 heavy (non-hydrogen) atoms. The number of nitrogens with two attached hydrogens (primary N) is 1. The van der Waals surface area contributed by atoms with E-state index in [1.165, 1.54) is 0 Å². The van der Waals surface area contributed by atoms with Gasteiger partial charge in [-0.3, -0.25) is 20.6 Å². The van der Waals surface area contributed by atoms with Crippen LogP contribution in [0.15, 0.2) is 18.5 Å². The van der Waals surface area contributed by atoms with Gasteiger partial charge in [-0.25, -0.2) is 0 Å². The van der Waals surface area contributed by atoms with Gasteiger partial charge in [0.1, 0.15) is 0 Å². The van der Waals surface area contributed by atoms with Gasteiger partial charge < -0.3 is 0 Å². The summed E-state index contributed by atoms with van der Waals surface area (Å²) >= 11 is 0. The molecule has 3 N–H and O–H groups in total. The number of aryl methyl sites for hydroxylation is 1. The minimum absolute atomic E-state index is 0.0317. The normalized spacial score (nSPS) is 13.2. The first kappa shape index (κ1) is 13.8. The summed E-state index contributed by atoms with van der Waals surface area (Å²) in [6, 6.07) is 2.44. The summed E-state index contributed by atoms with van der Waals surface area (Å²) in [7, 11) is 1.93. The number of hydrogen-bond acceptors (Lipinski definition) is 4. The van der Waals surface area contributed by atoms with Gasteiger partial charge in [0.25, 0.3) is 0 Å². The van der Waals surface area contributed by atoms with Crippen LogP contribution in [0.1, 0.15) is 42.9 Å². The number of hydrogen-bond donors (Lipinski definition) is 2. The fourth-order valence-electron chi connectivity index (χ4n) is 2.10. The van der Waals surface area contributed by atoms with Crippen LogP contribution in [0.3, 0.4) is 0 Å². The molecule has 104 valence electrons. The van der Waals surface area contributed by atoms with E-state index in [1.54, 1.807) is 0 Å². The van der Waals surface area contributed by atoms with Crippen molar-refractivity contribution in [2.24, 2.45) is 12.9 Å². The van der Waals surface area contributed by atoms with Crippen molar-refractivity contribution in [2.45, 2.75) is 39.3 Å². The van der Waals surface area contributed by atoms with Gasteiger partial charge in [0, 0.05) is 37.0 Å². The van der Waals surface area contributed by atoms with Crippen molar-refractivity contribution >= 4 is 0 Å². The highest BCUT2D eigenvalue weighted by Crippen LogP contribution is 2.20. The van der Waals surface area contributed by atoms with E-state index in [-0.39, 0.29) is 6.04 Å². The van der Waals surface area contributed by atoms with E-state index in [1.807, 2.05) is 41.8 Å². The van der Waals surface area contributed by atoms with Crippen LogP contribution in [0, 0.1) is 6.92 Å². The Bertz CT molecular complexity index is 539. The molecule has 0 amide bonds. The van der Waals surface area contributed by atoms with E-state index >= 15 is 0 Å². The van der Waals surface area contributed by atoms with Gasteiger partial charge in [-0.2, -0.15) is 10.2 Å². The molecule has 1 unspecified atom stereocenters. The summed E-state index contributed by atoms with van der Waals surface area (Å²) in [6.45, 7) is 6.26. The Labute approximate surface area is 113 Å². The Balaban J connectivity index is 2.17. The molecule has 0 fully saturated rings. The van der Waals surface area contributed by atoms with Gasteiger partial charge >= 0.3 is 0 Å². The number of rotatable bonds is 5. The van der Waals surface area contributed by atoms with Crippen molar-refractivity contribution in [3.8, 4) is 0 Å². The summed E-state index contributed by atoms with van der Waals surface area (Å²) in [6.07, 6.45) is 4.62. The second-order valence-electron chi connectivity index (χ2n) is 5.11. The van der Waals surface area contributed by atoms with E-state index in [4.69, 9.17) is 5.84 Å². The molecule has 1 atom stereocenters. The first-order valence-corrected chi connectivity index (χ1v) is 6.51. The van der Waals surface area contributed by atoms with Crippen molar-refractivity contribution in [1.82, 2.24) is 25.0 Å². The molecule has 0 saturated carbocycles. The smallest absolute Gasteiger partial charge is 0.0644 e. The average Bonchev–Trinajstić information content (AvgIpc) is 2.96. The van der Waals surface area contributed by atoms with E-state index in [0.29, 0.717) is 6.04 Å². The van der Waals surface area contributed by atoms with Crippen LogP contribution in [-0.4, -0.2) is 19.6 Å². The highest BCUT2D eigenvalue weighted by atomic mass is 15.3. The first-order chi connectivity index (χ1) is 9.02. The van der Waals surface area contributed by atoms with Crippen LogP contribution < -0.4 is 11.3 Å². The molecule has 6 heteroatoms. The Morgan fingerprint density at radius 1 is 1.42 bits per heavy atom. The molecular formula is C13H22N6. The second kappa shape index (κ2) is 5.54. The average molecular weight is 262 g/mol. The van der Waals surface area contributed by atoms with Crippen LogP contribution in [0.2, 0.25) is 0 Å². The van der Waals surface area contributed by atoms with Crippen LogP contribution in [-0.2, 0) is 13.5 Å². The highest BCUT2D eigenvalue weighted by molar-refractivity contribution is 5.22. The molecule has 0 spiro atoms. The second-order valence-corrected chi connectivity index (χ2v) is 5.11. The SMILES string of the molecule is Cc1c(C(Cc2ccn(C(C)C)n2)NN)cnn1C. The van der Waals surface area contributed by atoms with E-state index < -0.39 is 0 Å². The zero-order chi connectivity index (χ0) is 14.0. The van der Waals surface area contributed by atoms with Gasteiger partial charge in [0.2, 0.25) is 0 Å². The molecule has 2 aromatic heterocycles. The Kier molecular flexibility index (Phi) is 4.01. The third kappa shape index (κ3) is 2.85. The number of hydrazine groups is 1. The largest absolute Gasteiger partial charge is 0.273 e. The van der Waals surface area contributed by atoms with Crippen molar-refractivity contribution < 1.29 is 0 Å². The molecule has 0 aliphatic rings. The molecular weight excluding hydrogens is 240 g/mol. The third-order valence-corrected chi connectivity index (χ3v) is 3.46. The molecule has 2 heterocycles. The van der Waals surface area contributed by atoms with E-state index in [0.717, 1.165) is 23.4 Å². The molecule has 0 aromatic carbocycles. The predicted octanol–water partition coefficient (Wildman–Crippen LogP) is 1.25. The van der Waals surface area contributed by atoms with Crippen molar-refractivity contribution in [1.29, 1.82) is 0 Å². The number of aromatic nitrogens is 4. The maximum atomic E-state index is 5.68. The van der Waals surface area contributed by atoms with E-state index in [2.05, 4.69) is 29.5 Å². The van der Waals surface area contributed by atoms with Crippen LogP contribution >= 0.6 is 0 Å². The third-order valence-electron chi connectivity index (χ3n) is 3.46. The summed E-state index contributed by atoms with van der Waals surface area (Å²) in [5.41, 5.74) is 6.12. The molecule has 2 rings (SSSR count). The van der Waals surface area contributed by atoms with Crippen LogP contribution in [0.5, 0.6) is 0 Å².